The predicted octanol–water partition coefficient (Wildman–Crippen LogP) is 0.436. The Balaban J connectivity index is 1.56. The normalized spacial score (nSPS) is 19.6. The van der Waals surface area contributed by atoms with Gasteiger partial charge in [0.05, 0.1) is 30.2 Å². The second-order valence-corrected chi connectivity index (χ2v) is 7.81. The lowest BCUT2D eigenvalue weighted by molar-refractivity contribution is 0.330. The fraction of sp³-hybridized carbons (Fsp3) is 0.538. The smallest absolute Gasteiger partial charge is 0.217 e. The number of sulfonamides is 1. The van der Waals surface area contributed by atoms with Gasteiger partial charge in [-0.25, -0.2) is 13.4 Å². The Morgan fingerprint density at radius 1 is 1.29 bits per heavy atom. The zero-order valence-electron chi connectivity index (χ0n) is 11.6. The van der Waals surface area contributed by atoms with E-state index in [1.807, 2.05) is 23.1 Å². The number of hydrogen-bond acceptors (Lipinski definition) is 4. The van der Waals surface area contributed by atoms with Gasteiger partial charge in [0.25, 0.3) is 0 Å². The van der Waals surface area contributed by atoms with E-state index in [0.29, 0.717) is 26.2 Å². The van der Waals surface area contributed by atoms with Crippen molar-refractivity contribution in [3.8, 4) is 0 Å². The lowest BCUT2D eigenvalue weighted by Gasteiger charge is -2.27. The maximum Gasteiger partial charge on any atom is 0.217 e. The Bertz CT molecular complexity index is 746. The molecule has 0 bridgehead atoms. The van der Waals surface area contributed by atoms with Gasteiger partial charge in [-0.05, 0) is 18.9 Å². The highest BCUT2D eigenvalue weighted by atomic mass is 32.2. The minimum Gasteiger partial charge on any atom is -0.328 e. The molecule has 7 nitrogen and oxygen atoms in total. The van der Waals surface area contributed by atoms with Crippen LogP contribution in [0, 0.1) is 0 Å². The fourth-order valence-electron chi connectivity index (χ4n) is 2.78. The Labute approximate surface area is 123 Å². The van der Waals surface area contributed by atoms with E-state index in [-0.39, 0.29) is 5.25 Å². The molecule has 0 saturated heterocycles. The van der Waals surface area contributed by atoms with Gasteiger partial charge in [0.1, 0.15) is 5.82 Å². The van der Waals surface area contributed by atoms with Gasteiger partial charge in [-0.2, -0.15) is 9.40 Å². The first-order chi connectivity index (χ1) is 10.1. The van der Waals surface area contributed by atoms with Gasteiger partial charge in [0.15, 0.2) is 0 Å². The third-order valence-corrected chi connectivity index (χ3v) is 6.45. The summed E-state index contributed by atoms with van der Waals surface area (Å²) in [6.45, 7) is 2.25. The molecule has 0 unspecified atom stereocenters. The third-order valence-electron chi connectivity index (χ3n) is 4.10. The van der Waals surface area contributed by atoms with Gasteiger partial charge >= 0.3 is 0 Å². The van der Waals surface area contributed by atoms with Crippen molar-refractivity contribution in [3.63, 3.8) is 0 Å². The average Bonchev–Trinajstić information content (AvgIpc) is 3.10. The number of aromatic nitrogens is 4. The fourth-order valence-corrected chi connectivity index (χ4v) is 4.57. The minimum atomic E-state index is -3.11. The molecule has 1 aliphatic heterocycles. The topological polar surface area (TPSA) is 73.0 Å². The Hall–Kier alpha value is -1.67. The van der Waals surface area contributed by atoms with Crippen molar-refractivity contribution in [3.05, 3.63) is 36.2 Å². The molecule has 0 spiro atoms. The van der Waals surface area contributed by atoms with Crippen molar-refractivity contribution < 1.29 is 8.42 Å². The highest BCUT2D eigenvalue weighted by Crippen LogP contribution is 2.32. The van der Waals surface area contributed by atoms with E-state index in [2.05, 4.69) is 14.6 Å². The van der Waals surface area contributed by atoms with Crippen LogP contribution in [-0.2, 0) is 29.7 Å². The SMILES string of the molecule is O=S(=O)(C1CC1)N1CCn2c(Cn3cccn3)cnc2C1. The van der Waals surface area contributed by atoms with Crippen LogP contribution in [0.25, 0.3) is 0 Å². The van der Waals surface area contributed by atoms with Crippen LogP contribution in [0.15, 0.2) is 24.7 Å². The summed E-state index contributed by atoms with van der Waals surface area (Å²) in [5.41, 5.74) is 1.07. The van der Waals surface area contributed by atoms with Crippen LogP contribution in [-0.4, -0.2) is 43.8 Å². The van der Waals surface area contributed by atoms with E-state index < -0.39 is 10.0 Å². The summed E-state index contributed by atoms with van der Waals surface area (Å²) in [5.74, 6) is 0.827. The zero-order valence-corrected chi connectivity index (χ0v) is 12.4. The molecular weight excluding hydrogens is 290 g/mol. The van der Waals surface area contributed by atoms with Crippen molar-refractivity contribution in [2.45, 2.75) is 37.7 Å². The van der Waals surface area contributed by atoms with E-state index in [1.165, 1.54) is 0 Å². The van der Waals surface area contributed by atoms with Crippen molar-refractivity contribution in [2.75, 3.05) is 6.54 Å². The van der Waals surface area contributed by atoms with Crippen molar-refractivity contribution in [1.82, 2.24) is 23.6 Å². The summed E-state index contributed by atoms with van der Waals surface area (Å²) in [6, 6.07) is 1.89. The number of fused-ring (bicyclic) bond motifs is 1. The highest BCUT2D eigenvalue weighted by Gasteiger charge is 2.41. The molecule has 1 aliphatic carbocycles. The number of nitrogens with zero attached hydrogens (tertiary/aromatic N) is 5. The number of imidazole rings is 1. The molecular formula is C13H17N5O2S. The van der Waals surface area contributed by atoms with Crippen LogP contribution in [0.3, 0.4) is 0 Å². The molecule has 21 heavy (non-hydrogen) atoms. The van der Waals surface area contributed by atoms with Crippen LogP contribution in [0.5, 0.6) is 0 Å². The molecule has 2 aromatic rings. The predicted molar refractivity (Wildman–Crippen MR) is 75.9 cm³/mol. The summed E-state index contributed by atoms with van der Waals surface area (Å²) >= 11 is 0. The maximum atomic E-state index is 12.3. The molecule has 0 radical (unpaired) electrons. The van der Waals surface area contributed by atoms with Crippen molar-refractivity contribution in [1.29, 1.82) is 0 Å². The van der Waals surface area contributed by atoms with Crippen LogP contribution >= 0.6 is 0 Å². The summed E-state index contributed by atoms with van der Waals surface area (Å²) < 4.78 is 30.1. The molecule has 0 aromatic carbocycles. The molecule has 3 heterocycles. The highest BCUT2D eigenvalue weighted by molar-refractivity contribution is 7.90. The molecule has 112 valence electrons. The lowest BCUT2D eigenvalue weighted by atomic mass is 10.4. The number of rotatable bonds is 4. The molecule has 4 rings (SSSR count). The standard InChI is InChI=1S/C13H17N5O2S/c19-21(20,12-2-3-12)17-6-7-18-11(8-14-13(18)10-17)9-16-5-1-4-15-16/h1,4-5,8,12H,2-3,6-7,9-10H2. The largest absolute Gasteiger partial charge is 0.328 e. The zero-order chi connectivity index (χ0) is 14.4. The van der Waals surface area contributed by atoms with Gasteiger partial charge in [-0.3, -0.25) is 4.68 Å². The number of hydrogen-bond donors (Lipinski definition) is 0. The van der Waals surface area contributed by atoms with Crippen LogP contribution in [0.2, 0.25) is 0 Å². The van der Waals surface area contributed by atoms with Crippen LogP contribution in [0.4, 0.5) is 0 Å². The van der Waals surface area contributed by atoms with Gasteiger partial charge in [-0.1, -0.05) is 0 Å². The molecule has 0 N–H and O–H groups in total. The Morgan fingerprint density at radius 3 is 2.86 bits per heavy atom. The summed E-state index contributed by atoms with van der Waals surface area (Å²) in [6.07, 6.45) is 7.09. The monoisotopic (exact) mass is 307 g/mol. The first kappa shape index (κ1) is 13.0. The molecule has 0 atom stereocenters. The minimum absolute atomic E-state index is 0.150. The van der Waals surface area contributed by atoms with Crippen molar-refractivity contribution in [2.24, 2.45) is 0 Å². The molecule has 2 aliphatic rings. The first-order valence-electron chi connectivity index (χ1n) is 7.14. The van der Waals surface area contributed by atoms with Crippen molar-refractivity contribution >= 4 is 10.0 Å². The van der Waals surface area contributed by atoms with Gasteiger partial charge in [0, 0.05) is 25.5 Å². The molecule has 1 fully saturated rings. The van der Waals surface area contributed by atoms with E-state index in [0.717, 1.165) is 24.4 Å². The first-order valence-corrected chi connectivity index (χ1v) is 8.64. The summed E-state index contributed by atoms with van der Waals surface area (Å²) in [7, 11) is -3.11. The van der Waals surface area contributed by atoms with Gasteiger partial charge in [-0.15, -0.1) is 0 Å². The second kappa shape index (κ2) is 4.67. The molecule has 2 aromatic heterocycles. The lowest BCUT2D eigenvalue weighted by Crippen LogP contribution is -2.40. The van der Waals surface area contributed by atoms with Gasteiger partial charge in [0.2, 0.25) is 10.0 Å². The maximum absolute atomic E-state index is 12.3. The van der Waals surface area contributed by atoms with Gasteiger partial charge < -0.3 is 4.57 Å². The second-order valence-electron chi connectivity index (χ2n) is 5.60. The molecule has 1 saturated carbocycles. The third kappa shape index (κ3) is 2.28. The van der Waals surface area contributed by atoms with Crippen LogP contribution < -0.4 is 0 Å². The van der Waals surface area contributed by atoms with E-state index in [1.54, 1.807) is 10.5 Å². The Morgan fingerprint density at radius 2 is 2.14 bits per heavy atom. The average molecular weight is 307 g/mol. The molecule has 8 heteroatoms. The summed E-state index contributed by atoms with van der Waals surface area (Å²) in [4.78, 5) is 4.40. The van der Waals surface area contributed by atoms with Crippen LogP contribution in [0.1, 0.15) is 24.4 Å². The summed E-state index contributed by atoms with van der Waals surface area (Å²) in [5, 5.41) is 4.04. The quantitative estimate of drug-likeness (QED) is 0.821. The van der Waals surface area contributed by atoms with E-state index >= 15 is 0 Å². The van der Waals surface area contributed by atoms with E-state index in [4.69, 9.17) is 0 Å². The Kier molecular flexibility index (Phi) is 2.90. The molecule has 0 amide bonds. The van der Waals surface area contributed by atoms with E-state index in [9.17, 15) is 8.42 Å².